The highest BCUT2D eigenvalue weighted by Gasteiger charge is 2.22. The van der Waals surface area contributed by atoms with E-state index < -0.39 is 0 Å². The molecular formula is C12H16ClN3O. The molecule has 1 aliphatic heterocycles. The SMILES string of the molecule is Cc1c(Cl)ccc2c1N(C(=O)CN)CCCN2. The van der Waals surface area contributed by atoms with Crippen LogP contribution in [0.3, 0.4) is 0 Å². The van der Waals surface area contributed by atoms with E-state index in [1.807, 2.05) is 19.1 Å². The van der Waals surface area contributed by atoms with Crippen LogP contribution in [0.15, 0.2) is 12.1 Å². The lowest BCUT2D eigenvalue weighted by Crippen LogP contribution is -2.37. The summed E-state index contributed by atoms with van der Waals surface area (Å²) in [5, 5.41) is 3.98. The molecule has 0 aliphatic carbocycles. The van der Waals surface area contributed by atoms with Crippen LogP contribution < -0.4 is 16.0 Å². The highest BCUT2D eigenvalue weighted by Crippen LogP contribution is 2.36. The van der Waals surface area contributed by atoms with Gasteiger partial charge in [-0.25, -0.2) is 0 Å². The van der Waals surface area contributed by atoms with Crippen molar-refractivity contribution < 1.29 is 4.79 Å². The molecule has 1 aromatic rings. The Balaban J connectivity index is 2.53. The van der Waals surface area contributed by atoms with Gasteiger partial charge >= 0.3 is 0 Å². The normalized spacial score (nSPS) is 14.9. The number of rotatable bonds is 1. The van der Waals surface area contributed by atoms with E-state index in [2.05, 4.69) is 5.32 Å². The Kier molecular flexibility index (Phi) is 3.54. The Morgan fingerprint density at radius 2 is 2.35 bits per heavy atom. The number of nitrogens with one attached hydrogen (secondary N) is 1. The minimum atomic E-state index is -0.0692. The first-order valence-electron chi connectivity index (χ1n) is 5.68. The van der Waals surface area contributed by atoms with Crippen LogP contribution >= 0.6 is 11.6 Å². The molecule has 4 nitrogen and oxygen atoms in total. The third-order valence-electron chi connectivity index (χ3n) is 2.98. The van der Waals surface area contributed by atoms with Gasteiger partial charge in [-0.15, -0.1) is 0 Å². The number of carbonyl (C=O) groups excluding carboxylic acids is 1. The molecule has 2 rings (SSSR count). The molecule has 17 heavy (non-hydrogen) atoms. The standard InChI is InChI=1S/C12H16ClN3O/c1-8-9(13)3-4-10-12(8)16(11(17)7-14)6-2-5-15-10/h3-4,15H,2,5-7,14H2,1H3. The van der Waals surface area contributed by atoms with Gasteiger partial charge in [0.25, 0.3) is 0 Å². The second-order valence-corrected chi connectivity index (χ2v) is 4.51. The van der Waals surface area contributed by atoms with Gasteiger partial charge in [-0.3, -0.25) is 4.79 Å². The minimum Gasteiger partial charge on any atom is -0.383 e. The summed E-state index contributed by atoms with van der Waals surface area (Å²) in [4.78, 5) is 13.6. The number of benzene rings is 1. The average molecular weight is 254 g/mol. The van der Waals surface area contributed by atoms with E-state index >= 15 is 0 Å². The summed E-state index contributed by atoms with van der Waals surface area (Å²) in [6, 6.07) is 3.76. The van der Waals surface area contributed by atoms with Crippen LogP contribution in [0.25, 0.3) is 0 Å². The van der Waals surface area contributed by atoms with Crippen molar-refractivity contribution in [2.24, 2.45) is 5.73 Å². The van der Waals surface area contributed by atoms with Gasteiger partial charge < -0.3 is 16.0 Å². The molecule has 0 aromatic heterocycles. The van der Waals surface area contributed by atoms with Gasteiger partial charge in [0.1, 0.15) is 0 Å². The number of nitrogens with two attached hydrogens (primary N) is 1. The number of halogens is 1. The highest BCUT2D eigenvalue weighted by atomic mass is 35.5. The van der Waals surface area contributed by atoms with Gasteiger partial charge in [0, 0.05) is 18.1 Å². The van der Waals surface area contributed by atoms with Gasteiger partial charge in [0.2, 0.25) is 5.91 Å². The lowest BCUT2D eigenvalue weighted by atomic mass is 10.1. The van der Waals surface area contributed by atoms with Crippen LogP contribution in [0.5, 0.6) is 0 Å². The molecule has 0 fully saturated rings. The van der Waals surface area contributed by atoms with Crippen molar-refractivity contribution in [1.82, 2.24) is 0 Å². The molecular weight excluding hydrogens is 238 g/mol. The maximum Gasteiger partial charge on any atom is 0.240 e. The topological polar surface area (TPSA) is 58.4 Å². The molecule has 92 valence electrons. The van der Waals surface area contributed by atoms with Crippen LogP contribution in [0.1, 0.15) is 12.0 Å². The van der Waals surface area contributed by atoms with Crippen molar-refractivity contribution in [2.75, 3.05) is 29.9 Å². The van der Waals surface area contributed by atoms with Crippen LogP contribution in [0.4, 0.5) is 11.4 Å². The minimum absolute atomic E-state index is 0.0192. The summed E-state index contributed by atoms with van der Waals surface area (Å²) in [6.07, 6.45) is 0.900. The molecule has 0 saturated carbocycles. The molecule has 0 bridgehead atoms. The van der Waals surface area contributed by atoms with Crippen molar-refractivity contribution in [1.29, 1.82) is 0 Å². The Labute approximate surface area is 106 Å². The number of carbonyl (C=O) groups is 1. The van der Waals surface area contributed by atoms with Crippen LogP contribution in [0, 0.1) is 6.92 Å². The van der Waals surface area contributed by atoms with Crippen molar-refractivity contribution in [3.63, 3.8) is 0 Å². The molecule has 0 unspecified atom stereocenters. The average Bonchev–Trinajstić information content (AvgIpc) is 2.55. The Bertz CT molecular complexity index is 448. The molecule has 0 radical (unpaired) electrons. The predicted octanol–water partition coefficient (Wildman–Crippen LogP) is 1.76. The van der Waals surface area contributed by atoms with E-state index in [0.717, 1.165) is 29.9 Å². The molecule has 3 N–H and O–H groups in total. The van der Waals surface area contributed by atoms with E-state index in [4.69, 9.17) is 17.3 Å². The number of fused-ring (bicyclic) bond motifs is 1. The zero-order chi connectivity index (χ0) is 12.4. The third-order valence-corrected chi connectivity index (χ3v) is 3.39. The Morgan fingerprint density at radius 1 is 1.59 bits per heavy atom. The summed E-state index contributed by atoms with van der Waals surface area (Å²) >= 11 is 6.12. The molecule has 0 saturated heterocycles. The van der Waals surface area contributed by atoms with Crippen molar-refractivity contribution in [3.05, 3.63) is 22.7 Å². The monoisotopic (exact) mass is 253 g/mol. The maximum absolute atomic E-state index is 11.9. The quantitative estimate of drug-likeness (QED) is 0.802. The van der Waals surface area contributed by atoms with Gasteiger partial charge in [0.15, 0.2) is 0 Å². The van der Waals surface area contributed by atoms with E-state index in [1.54, 1.807) is 4.90 Å². The maximum atomic E-state index is 11.9. The van der Waals surface area contributed by atoms with Gasteiger partial charge in [0.05, 0.1) is 17.9 Å². The molecule has 1 aromatic carbocycles. The fourth-order valence-corrected chi connectivity index (χ4v) is 2.25. The van der Waals surface area contributed by atoms with Crippen molar-refractivity contribution >= 4 is 28.9 Å². The van der Waals surface area contributed by atoms with Crippen molar-refractivity contribution in [3.8, 4) is 0 Å². The number of anilines is 2. The first-order valence-corrected chi connectivity index (χ1v) is 6.06. The van der Waals surface area contributed by atoms with Gasteiger partial charge in [-0.2, -0.15) is 0 Å². The number of amides is 1. The van der Waals surface area contributed by atoms with Crippen molar-refractivity contribution in [2.45, 2.75) is 13.3 Å². The second kappa shape index (κ2) is 4.94. The van der Waals surface area contributed by atoms with Crippen LogP contribution in [0.2, 0.25) is 5.02 Å². The Morgan fingerprint density at radius 3 is 3.06 bits per heavy atom. The third kappa shape index (κ3) is 2.23. The van der Waals surface area contributed by atoms with Crippen LogP contribution in [-0.4, -0.2) is 25.5 Å². The number of hydrogen-bond acceptors (Lipinski definition) is 3. The first kappa shape index (κ1) is 12.2. The zero-order valence-corrected chi connectivity index (χ0v) is 10.5. The van der Waals surface area contributed by atoms with E-state index in [0.29, 0.717) is 11.6 Å². The van der Waals surface area contributed by atoms with E-state index in [1.165, 1.54) is 0 Å². The lowest BCUT2D eigenvalue weighted by molar-refractivity contribution is -0.117. The molecule has 1 amide bonds. The molecule has 0 atom stereocenters. The highest BCUT2D eigenvalue weighted by molar-refractivity contribution is 6.32. The van der Waals surface area contributed by atoms with Gasteiger partial charge in [-0.05, 0) is 31.0 Å². The Hall–Kier alpha value is -1.26. The van der Waals surface area contributed by atoms with E-state index in [-0.39, 0.29) is 12.5 Å². The summed E-state index contributed by atoms with van der Waals surface area (Å²) < 4.78 is 0. The van der Waals surface area contributed by atoms with E-state index in [9.17, 15) is 4.79 Å². The molecule has 1 aliphatic rings. The van der Waals surface area contributed by atoms with Crippen LogP contribution in [-0.2, 0) is 4.79 Å². The largest absolute Gasteiger partial charge is 0.383 e. The summed E-state index contributed by atoms with van der Waals surface area (Å²) in [7, 11) is 0. The number of hydrogen-bond donors (Lipinski definition) is 2. The lowest BCUT2D eigenvalue weighted by Gasteiger charge is -2.24. The first-order chi connectivity index (χ1) is 8.15. The molecule has 0 spiro atoms. The second-order valence-electron chi connectivity index (χ2n) is 4.10. The fourth-order valence-electron chi connectivity index (χ4n) is 2.10. The predicted molar refractivity (Wildman–Crippen MR) is 70.7 cm³/mol. The fraction of sp³-hybridized carbons (Fsp3) is 0.417. The number of nitrogens with zero attached hydrogens (tertiary/aromatic N) is 1. The zero-order valence-electron chi connectivity index (χ0n) is 9.79. The molecule has 1 heterocycles. The smallest absolute Gasteiger partial charge is 0.240 e. The van der Waals surface area contributed by atoms with Gasteiger partial charge in [-0.1, -0.05) is 11.6 Å². The summed E-state index contributed by atoms with van der Waals surface area (Å²) in [6.45, 7) is 3.47. The summed E-state index contributed by atoms with van der Waals surface area (Å²) in [5.74, 6) is -0.0692. The summed E-state index contributed by atoms with van der Waals surface area (Å²) in [5.41, 5.74) is 8.19. The molecule has 5 heteroatoms.